The summed E-state index contributed by atoms with van der Waals surface area (Å²) in [5, 5.41) is 10.8. The minimum atomic E-state index is -0.340. The molecule has 0 amide bonds. The molecule has 2 aliphatic heterocycles. The van der Waals surface area contributed by atoms with Crippen molar-refractivity contribution in [2.24, 2.45) is 5.92 Å². The van der Waals surface area contributed by atoms with Gasteiger partial charge >= 0.3 is 0 Å². The average molecular weight is 297 g/mol. The highest BCUT2D eigenvalue weighted by Gasteiger charge is 2.44. The van der Waals surface area contributed by atoms with Crippen molar-refractivity contribution < 1.29 is 14.6 Å². The van der Waals surface area contributed by atoms with Gasteiger partial charge in [-0.25, -0.2) is 0 Å². The van der Waals surface area contributed by atoms with Crippen molar-refractivity contribution >= 4 is 0 Å². The van der Waals surface area contributed by atoms with Crippen molar-refractivity contribution in [3.8, 4) is 0 Å². The van der Waals surface area contributed by atoms with Gasteiger partial charge in [-0.2, -0.15) is 0 Å². The number of ether oxygens (including phenoxy) is 2. The molecule has 1 N–H and O–H groups in total. The summed E-state index contributed by atoms with van der Waals surface area (Å²) in [6, 6.07) is 0.527. The fourth-order valence-corrected chi connectivity index (χ4v) is 4.40. The summed E-state index contributed by atoms with van der Waals surface area (Å²) < 4.78 is 12.0. The van der Waals surface area contributed by atoms with Gasteiger partial charge < -0.3 is 14.6 Å². The van der Waals surface area contributed by atoms with E-state index in [0.717, 1.165) is 39.1 Å². The lowest BCUT2D eigenvalue weighted by atomic mass is 9.80. The molecule has 0 aromatic rings. The van der Waals surface area contributed by atoms with Crippen LogP contribution in [-0.2, 0) is 9.47 Å². The minimum Gasteiger partial charge on any atom is -0.390 e. The molecule has 3 aliphatic rings. The van der Waals surface area contributed by atoms with Crippen LogP contribution in [-0.4, -0.2) is 60.2 Å². The molecule has 122 valence electrons. The monoisotopic (exact) mass is 297 g/mol. The zero-order valence-electron chi connectivity index (χ0n) is 13.6. The lowest BCUT2D eigenvalue weighted by Gasteiger charge is -2.44. The highest BCUT2D eigenvalue weighted by Crippen LogP contribution is 2.43. The minimum absolute atomic E-state index is 0.0253. The van der Waals surface area contributed by atoms with Crippen molar-refractivity contribution in [2.75, 3.05) is 26.3 Å². The maximum absolute atomic E-state index is 10.8. The van der Waals surface area contributed by atoms with Crippen LogP contribution in [0.1, 0.15) is 52.4 Å². The van der Waals surface area contributed by atoms with Crippen LogP contribution in [0.5, 0.6) is 0 Å². The summed E-state index contributed by atoms with van der Waals surface area (Å²) in [7, 11) is 0. The second-order valence-corrected chi connectivity index (χ2v) is 7.48. The van der Waals surface area contributed by atoms with E-state index in [1.165, 1.54) is 25.7 Å². The maximum Gasteiger partial charge on any atom is 0.0963 e. The van der Waals surface area contributed by atoms with Crippen molar-refractivity contribution in [3.63, 3.8) is 0 Å². The second-order valence-electron chi connectivity index (χ2n) is 7.48. The van der Waals surface area contributed by atoms with E-state index in [1.807, 2.05) is 0 Å². The lowest BCUT2D eigenvalue weighted by molar-refractivity contribution is -0.152. The van der Waals surface area contributed by atoms with E-state index in [-0.39, 0.29) is 17.8 Å². The Morgan fingerprint density at radius 2 is 1.95 bits per heavy atom. The molecule has 4 nitrogen and oxygen atoms in total. The van der Waals surface area contributed by atoms with Gasteiger partial charge in [0.1, 0.15) is 0 Å². The van der Waals surface area contributed by atoms with Gasteiger partial charge in [0.2, 0.25) is 0 Å². The Labute approximate surface area is 128 Å². The number of hydrogen-bond donors (Lipinski definition) is 1. The third kappa shape index (κ3) is 3.44. The molecule has 0 radical (unpaired) electrons. The third-order valence-electron chi connectivity index (χ3n) is 5.76. The number of hydrogen-bond acceptors (Lipinski definition) is 4. The van der Waals surface area contributed by atoms with Crippen LogP contribution in [0.25, 0.3) is 0 Å². The van der Waals surface area contributed by atoms with E-state index in [2.05, 4.69) is 18.7 Å². The largest absolute Gasteiger partial charge is 0.390 e. The van der Waals surface area contributed by atoms with E-state index in [4.69, 9.17) is 9.47 Å². The highest BCUT2D eigenvalue weighted by atomic mass is 16.5. The van der Waals surface area contributed by atoms with Crippen LogP contribution in [0.15, 0.2) is 0 Å². The normalized spacial score (nSPS) is 35.4. The number of nitrogens with zero attached hydrogens (tertiary/aromatic N) is 1. The molecular formula is C17H31NO3. The predicted octanol–water partition coefficient (Wildman–Crippen LogP) is 2.20. The van der Waals surface area contributed by atoms with E-state index >= 15 is 0 Å². The van der Waals surface area contributed by atoms with Crippen LogP contribution in [0.4, 0.5) is 0 Å². The van der Waals surface area contributed by atoms with Gasteiger partial charge in [0, 0.05) is 25.7 Å². The molecular weight excluding hydrogens is 266 g/mol. The summed E-state index contributed by atoms with van der Waals surface area (Å²) >= 11 is 0. The van der Waals surface area contributed by atoms with Gasteiger partial charge in [0.25, 0.3) is 0 Å². The first-order valence-electron chi connectivity index (χ1n) is 8.77. The zero-order valence-corrected chi connectivity index (χ0v) is 13.6. The summed E-state index contributed by atoms with van der Waals surface area (Å²) in [6.45, 7) is 7.84. The summed E-state index contributed by atoms with van der Waals surface area (Å²) in [4.78, 5) is 2.42. The van der Waals surface area contributed by atoms with Crippen LogP contribution in [0.2, 0.25) is 0 Å². The lowest BCUT2D eigenvalue weighted by Crippen LogP contribution is -2.53. The molecule has 3 unspecified atom stereocenters. The van der Waals surface area contributed by atoms with Gasteiger partial charge in [0.05, 0.1) is 24.4 Å². The Morgan fingerprint density at radius 3 is 2.67 bits per heavy atom. The summed E-state index contributed by atoms with van der Waals surface area (Å²) in [6.07, 6.45) is 6.56. The zero-order chi connectivity index (χ0) is 14.9. The molecule has 3 atom stereocenters. The SMILES string of the molecule is CC(C)N1CCOC(C(O)C2CCOC3(CCCC3)C2)C1. The van der Waals surface area contributed by atoms with Gasteiger partial charge in [-0.15, -0.1) is 0 Å². The second kappa shape index (κ2) is 6.53. The average Bonchev–Trinajstić information content (AvgIpc) is 2.94. The Kier molecular flexibility index (Phi) is 4.89. The summed E-state index contributed by atoms with van der Waals surface area (Å²) in [5.74, 6) is 0.342. The van der Waals surface area contributed by atoms with Crippen molar-refractivity contribution in [1.82, 2.24) is 4.90 Å². The molecule has 3 fully saturated rings. The third-order valence-corrected chi connectivity index (χ3v) is 5.76. The van der Waals surface area contributed by atoms with Crippen LogP contribution >= 0.6 is 0 Å². The topological polar surface area (TPSA) is 41.9 Å². The quantitative estimate of drug-likeness (QED) is 0.867. The maximum atomic E-state index is 10.8. The Bertz CT molecular complexity index is 341. The molecule has 0 aromatic carbocycles. The fraction of sp³-hybridized carbons (Fsp3) is 1.00. The molecule has 1 saturated carbocycles. The van der Waals surface area contributed by atoms with Gasteiger partial charge in [-0.1, -0.05) is 12.8 Å². The fourth-order valence-electron chi connectivity index (χ4n) is 4.40. The Morgan fingerprint density at radius 1 is 1.19 bits per heavy atom. The van der Waals surface area contributed by atoms with Crippen LogP contribution in [0.3, 0.4) is 0 Å². The van der Waals surface area contributed by atoms with E-state index in [0.29, 0.717) is 12.0 Å². The molecule has 2 saturated heterocycles. The molecule has 2 heterocycles. The van der Waals surface area contributed by atoms with Gasteiger partial charge in [-0.05, 0) is 45.4 Å². The number of rotatable bonds is 3. The highest BCUT2D eigenvalue weighted by molar-refractivity contribution is 4.95. The van der Waals surface area contributed by atoms with E-state index in [1.54, 1.807) is 0 Å². The van der Waals surface area contributed by atoms with Crippen LogP contribution in [0, 0.1) is 5.92 Å². The molecule has 0 aromatic heterocycles. The van der Waals surface area contributed by atoms with E-state index in [9.17, 15) is 5.11 Å². The van der Waals surface area contributed by atoms with Crippen molar-refractivity contribution in [2.45, 2.75) is 76.2 Å². The molecule has 1 spiro atoms. The smallest absolute Gasteiger partial charge is 0.0963 e. The first kappa shape index (κ1) is 15.7. The predicted molar refractivity (Wildman–Crippen MR) is 82.3 cm³/mol. The van der Waals surface area contributed by atoms with Crippen molar-refractivity contribution in [3.05, 3.63) is 0 Å². The molecule has 21 heavy (non-hydrogen) atoms. The number of aliphatic hydroxyl groups excluding tert-OH is 1. The standard InChI is InChI=1S/C17H31NO3/c1-13(2)18-8-10-20-15(12-18)16(19)14-5-9-21-17(11-14)6-3-4-7-17/h13-16,19H,3-12H2,1-2H3. The van der Waals surface area contributed by atoms with Gasteiger partial charge in [-0.3, -0.25) is 4.90 Å². The molecule has 4 heteroatoms. The van der Waals surface area contributed by atoms with Crippen LogP contribution < -0.4 is 0 Å². The Balaban J connectivity index is 1.60. The van der Waals surface area contributed by atoms with Crippen molar-refractivity contribution in [1.29, 1.82) is 0 Å². The molecule has 1 aliphatic carbocycles. The number of morpholine rings is 1. The first-order chi connectivity index (χ1) is 10.1. The molecule has 0 bridgehead atoms. The number of aliphatic hydroxyl groups is 1. The molecule has 3 rings (SSSR count). The Hall–Kier alpha value is -0.160. The summed E-state index contributed by atoms with van der Waals surface area (Å²) in [5.41, 5.74) is 0.0797. The van der Waals surface area contributed by atoms with E-state index < -0.39 is 0 Å². The first-order valence-corrected chi connectivity index (χ1v) is 8.77. The van der Waals surface area contributed by atoms with Gasteiger partial charge in [0.15, 0.2) is 0 Å².